The number of rotatable bonds is 2. The topological polar surface area (TPSA) is 36.1 Å². The molecule has 0 unspecified atom stereocenters. The van der Waals surface area contributed by atoms with Crippen LogP contribution in [0.1, 0.15) is 50.2 Å². The van der Waals surface area contributed by atoms with Crippen molar-refractivity contribution in [3.8, 4) is 17.9 Å². The highest BCUT2D eigenvalue weighted by Gasteiger charge is 2.09. The van der Waals surface area contributed by atoms with Crippen molar-refractivity contribution < 1.29 is 0 Å². The molecule has 1 aromatic rings. The summed E-state index contributed by atoms with van der Waals surface area (Å²) in [5.74, 6) is 7.23. The van der Waals surface area contributed by atoms with Gasteiger partial charge in [-0.3, -0.25) is 0 Å². The molecule has 2 nitrogen and oxygen atoms in total. The van der Waals surface area contributed by atoms with E-state index < -0.39 is 0 Å². The number of allylic oxidation sites excluding steroid dienone is 1. The van der Waals surface area contributed by atoms with E-state index in [-0.39, 0.29) is 5.70 Å². The molecule has 1 aromatic carbocycles. The molecule has 1 aliphatic carbocycles. The van der Waals surface area contributed by atoms with Crippen molar-refractivity contribution in [3.05, 3.63) is 47.7 Å². The van der Waals surface area contributed by atoms with Crippen LogP contribution in [0, 0.1) is 29.1 Å². The molecule has 0 amide bonds. The van der Waals surface area contributed by atoms with Gasteiger partial charge in [0.05, 0.1) is 0 Å². The van der Waals surface area contributed by atoms with Crippen molar-refractivity contribution in [2.75, 3.05) is 0 Å². The van der Waals surface area contributed by atoms with Crippen LogP contribution in [0.15, 0.2) is 41.5 Å². The maximum atomic E-state index is 8.69. The van der Waals surface area contributed by atoms with Crippen LogP contribution in [0.4, 0.5) is 0 Å². The quantitative estimate of drug-likeness (QED) is 0.446. The fourth-order valence-corrected chi connectivity index (χ4v) is 2.52. The molecule has 0 bridgehead atoms. The lowest BCUT2D eigenvalue weighted by Crippen LogP contribution is -2.03. The summed E-state index contributed by atoms with van der Waals surface area (Å²) in [7, 11) is 0. The Morgan fingerprint density at radius 1 is 1.19 bits per heavy atom. The van der Waals surface area contributed by atoms with E-state index in [4.69, 9.17) is 5.26 Å². The second-order valence-corrected chi connectivity index (χ2v) is 5.44. The molecule has 21 heavy (non-hydrogen) atoms. The summed E-state index contributed by atoms with van der Waals surface area (Å²) < 4.78 is 0. The zero-order chi connectivity index (χ0) is 15.1. The number of hydrogen-bond donors (Lipinski definition) is 0. The summed E-state index contributed by atoms with van der Waals surface area (Å²) in [5, 5.41) is 8.69. The van der Waals surface area contributed by atoms with Crippen molar-refractivity contribution >= 4 is 5.71 Å². The average molecular weight is 276 g/mol. The lowest BCUT2D eigenvalue weighted by atomic mass is 9.89. The first-order valence-electron chi connectivity index (χ1n) is 7.45. The molecule has 106 valence electrons. The summed E-state index contributed by atoms with van der Waals surface area (Å²) in [4.78, 5) is 4.14. The van der Waals surface area contributed by atoms with Gasteiger partial charge in [-0.25, -0.2) is 4.99 Å². The summed E-state index contributed by atoms with van der Waals surface area (Å²) in [6.45, 7) is 5.45. The van der Waals surface area contributed by atoms with Gasteiger partial charge in [0.2, 0.25) is 0 Å². The smallest absolute Gasteiger partial charge is 0.133 e. The van der Waals surface area contributed by atoms with E-state index in [1.807, 2.05) is 37.3 Å². The molecule has 0 aliphatic heterocycles. The van der Waals surface area contributed by atoms with Crippen molar-refractivity contribution in [2.45, 2.75) is 39.0 Å². The standard InChI is InChI=1S/C19H20N2/c1-15(14-20)21-16(2)19-12-10-18(11-13-19)9-8-17-6-4-3-5-7-17/h10-13,17H,1,3-7H2,2H3. The van der Waals surface area contributed by atoms with Crippen LogP contribution in [0.5, 0.6) is 0 Å². The monoisotopic (exact) mass is 276 g/mol. The third-order valence-corrected chi connectivity index (χ3v) is 3.76. The minimum absolute atomic E-state index is 0.230. The van der Waals surface area contributed by atoms with Crippen LogP contribution in [0.3, 0.4) is 0 Å². The maximum absolute atomic E-state index is 8.69. The Bertz CT molecular complexity index is 627. The van der Waals surface area contributed by atoms with E-state index in [0.29, 0.717) is 5.92 Å². The van der Waals surface area contributed by atoms with Crippen LogP contribution in [-0.2, 0) is 0 Å². The lowest BCUT2D eigenvalue weighted by Gasteiger charge is -2.15. The molecular weight excluding hydrogens is 256 g/mol. The average Bonchev–Trinajstić information content (AvgIpc) is 2.54. The van der Waals surface area contributed by atoms with Crippen molar-refractivity contribution in [1.82, 2.24) is 0 Å². The second-order valence-electron chi connectivity index (χ2n) is 5.44. The van der Waals surface area contributed by atoms with Crippen LogP contribution < -0.4 is 0 Å². The van der Waals surface area contributed by atoms with Crippen LogP contribution in [0.25, 0.3) is 0 Å². The fourth-order valence-electron chi connectivity index (χ4n) is 2.52. The van der Waals surface area contributed by atoms with Crippen LogP contribution in [-0.4, -0.2) is 5.71 Å². The van der Waals surface area contributed by atoms with E-state index in [1.54, 1.807) is 0 Å². The highest BCUT2D eigenvalue weighted by atomic mass is 14.7. The Morgan fingerprint density at radius 2 is 1.86 bits per heavy atom. The molecule has 0 radical (unpaired) electrons. The molecule has 1 fully saturated rings. The number of hydrogen-bond acceptors (Lipinski definition) is 2. The number of aliphatic imine (C=N–C) groups is 1. The normalized spacial score (nSPS) is 15.7. The van der Waals surface area contributed by atoms with Gasteiger partial charge in [0.1, 0.15) is 11.8 Å². The van der Waals surface area contributed by atoms with Gasteiger partial charge in [-0.2, -0.15) is 5.26 Å². The third kappa shape index (κ3) is 4.62. The highest BCUT2D eigenvalue weighted by Crippen LogP contribution is 2.22. The minimum Gasteiger partial charge on any atom is -0.242 e. The number of nitrogens with zero attached hydrogens (tertiary/aromatic N) is 2. The lowest BCUT2D eigenvalue weighted by molar-refractivity contribution is 0.430. The van der Waals surface area contributed by atoms with Crippen LogP contribution >= 0.6 is 0 Å². The SMILES string of the molecule is C=C(C#N)N=C(C)c1ccc(C#CC2CCCCC2)cc1. The number of nitriles is 1. The van der Waals surface area contributed by atoms with Crippen molar-refractivity contribution in [3.63, 3.8) is 0 Å². The predicted octanol–water partition coefficient (Wildman–Crippen LogP) is 4.46. The van der Waals surface area contributed by atoms with Gasteiger partial charge in [0.15, 0.2) is 0 Å². The molecule has 0 spiro atoms. The third-order valence-electron chi connectivity index (χ3n) is 3.76. The Kier molecular flexibility index (Phi) is 5.35. The first-order valence-corrected chi connectivity index (χ1v) is 7.45. The summed E-state index contributed by atoms with van der Waals surface area (Å²) in [5.41, 5.74) is 3.06. The molecule has 0 atom stereocenters. The van der Waals surface area contributed by atoms with Gasteiger partial charge in [-0.05, 0) is 37.5 Å². The zero-order valence-electron chi connectivity index (χ0n) is 12.5. The predicted molar refractivity (Wildman–Crippen MR) is 86.9 cm³/mol. The Hall–Kier alpha value is -2.32. The molecule has 2 heteroatoms. The zero-order valence-corrected chi connectivity index (χ0v) is 12.5. The van der Waals surface area contributed by atoms with Crippen molar-refractivity contribution in [2.24, 2.45) is 10.9 Å². The first kappa shape index (κ1) is 15.1. The summed E-state index contributed by atoms with van der Waals surface area (Å²) >= 11 is 0. The van der Waals surface area contributed by atoms with Gasteiger partial charge < -0.3 is 0 Å². The maximum Gasteiger partial charge on any atom is 0.133 e. The van der Waals surface area contributed by atoms with Crippen molar-refractivity contribution in [1.29, 1.82) is 5.26 Å². The van der Waals surface area contributed by atoms with E-state index in [1.165, 1.54) is 32.1 Å². The largest absolute Gasteiger partial charge is 0.242 e. The molecule has 0 saturated heterocycles. The van der Waals surface area contributed by atoms with E-state index in [2.05, 4.69) is 23.4 Å². The molecule has 2 rings (SSSR count). The Morgan fingerprint density at radius 3 is 2.48 bits per heavy atom. The highest BCUT2D eigenvalue weighted by molar-refractivity contribution is 5.99. The Labute approximate surface area is 127 Å². The van der Waals surface area contributed by atoms with Gasteiger partial charge in [-0.15, -0.1) is 0 Å². The molecule has 0 N–H and O–H groups in total. The fraction of sp³-hybridized carbons (Fsp3) is 0.368. The molecule has 1 saturated carbocycles. The Balaban J connectivity index is 2.05. The molecule has 0 aromatic heterocycles. The van der Waals surface area contributed by atoms with Gasteiger partial charge in [0, 0.05) is 17.2 Å². The summed E-state index contributed by atoms with van der Waals surface area (Å²) in [6.07, 6.45) is 6.48. The summed E-state index contributed by atoms with van der Waals surface area (Å²) in [6, 6.07) is 9.94. The second kappa shape index (κ2) is 7.46. The van der Waals surface area contributed by atoms with Gasteiger partial charge in [-0.1, -0.05) is 49.8 Å². The minimum atomic E-state index is 0.230. The molecular formula is C19H20N2. The van der Waals surface area contributed by atoms with E-state index in [9.17, 15) is 0 Å². The number of benzene rings is 1. The van der Waals surface area contributed by atoms with Gasteiger partial charge in [0.25, 0.3) is 0 Å². The first-order chi connectivity index (χ1) is 10.2. The van der Waals surface area contributed by atoms with E-state index in [0.717, 1.165) is 16.8 Å². The molecule has 0 heterocycles. The van der Waals surface area contributed by atoms with E-state index >= 15 is 0 Å². The van der Waals surface area contributed by atoms with Crippen LogP contribution in [0.2, 0.25) is 0 Å². The van der Waals surface area contributed by atoms with Gasteiger partial charge >= 0.3 is 0 Å². The molecule has 1 aliphatic rings.